The molecular formula is C18H20O3. The van der Waals surface area contributed by atoms with Crippen LogP contribution in [0, 0.1) is 13.8 Å². The molecule has 0 bridgehead atoms. The molecule has 1 N–H and O–H groups in total. The summed E-state index contributed by atoms with van der Waals surface area (Å²) in [5.41, 5.74) is 3.34. The topological polar surface area (TPSA) is 46.5 Å². The van der Waals surface area contributed by atoms with Crippen LogP contribution in [0.5, 0.6) is 5.75 Å². The van der Waals surface area contributed by atoms with Crippen LogP contribution in [-0.4, -0.2) is 17.7 Å². The summed E-state index contributed by atoms with van der Waals surface area (Å²) in [6.45, 7) is 4.39. The van der Waals surface area contributed by atoms with Gasteiger partial charge in [0.1, 0.15) is 5.75 Å². The Morgan fingerprint density at radius 3 is 2.29 bits per heavy atom. The van der Waals surface area contributed by atoms with Crippen LogP contribution in [0.3, 0.4) is 0 Å². The van der Waals surface area contributed by atoms with E-state index in [2.05, 4.69) is 12.1 Å². The molecule has 3 nitrogen and oxygen atoms in total. The predicted molar refractivity (Wildman–Crippen MR) is 83.1 cm³/mol. The van der Waals surface area contributed by atoms with Crippen LogP contribution in [0.2, 0.25) is 0 Å². The average Bonchev–Trinajstić information content (AvgIpc) is 2.46. The normalized spacial score (nSPS) is 10.4. The number of aryl methyl sites for hydroxylation is 3. The van der Waals surface area contributed by atoms with Gasteiger partial charge in [0.2, 0.25) is 0 Å². The first-order valence-electron chi connectivity index (χ1n) is 7.09. The Bertz CT molecular complexity index is 595. The van der Waals surface area contributed by atoms with Crippen molar-refractivity contribution in [2.24, 2.45) is 0 Å². The quantitative estimate of drug-likeness (QED) is 0.815. The largest absolute Gasteiger partial charge is 0.493 e. The Kier molecular flexibility index (Phi) is 4.99. The third kappa shape index (κ3) is 4.09. The van der Waals surface area contributed by atoms with E-state index >= 15 is 0 Å². The highest BCUT2D eigenvalue weighted by Crippen LogP contribution is 2.25. The van der Waals surface area contributed by atoms with Crippen molar-refractivity contribution in [1.29, 1.82) is 0 Å². The fourth-order valence-electron chi connectivity index (χ4n) is 2.40. The summed E-state index contributed by atoms with van der Waals surface area (Å²) >= 11 is 0. The number of rotatable bonds is 6. The molecule has 0 aromatic heterocycles. The van der Waals surface area contributed by atoms with Gasteiger partial charge < -0.3 is 9.84 Å². The van der Waals surface area contributed by atoms with Crippen LogP contribution >= 0.6 is 0 Å². The zero-order chi connectivity index (χ0) is 15.2. The molecule has 0 saturated heterocycles. The Hall–Kier alpha value is -2.29. The molecule has 110 valence electrons. The number of ether oxygens (including phenoxy) is 1. The molecular weight excluding hydrogens is 264 g/mol. The van der Waals surface area contributed by atoms with Gasteiger partial charge in [0.15, 0.2) is 0 Å². The van der Waals surface area contributed by atoms with Gasteiger partial charge in [-0.2, -0.15) is 0 Å². The SMILES string of the molecule is Cc1cc(C(=O)O)cc(C)c1OCCCc1ccccc1. The molecule has 2 rings (SSSR count). The molecule has 0 aliphatic carbocycles. The van der Waals surface area contributed by atoms with Crippen molar-refractivity contribution in [2.45, 2.75) is 26.7 Å². The Labute approximate surface area is 125 Å². The second kappa shape index (κ2) is 6.93. The van der Waals surface area contributed by atoms with Gasteiger partial charge >= 0.3 is 5.97 Å². The summed E-state index contributed by atoms with van der Waals surface area (Å²) in [5.74, 6) is -0.107. The summed E-state index contributed by atoms with van der Waals surface area (Å²) < 4.78 is 5.83. The maximum atomic E-state index is 11.0. The van der Waals surface area contributed by atoms with Gasteiger partial charge in [0.05, 0.1) is 12.2 Å². The van der Waals surface area contributed by atoms with Crippen LogP contribution in [0.25, 0.3) is 0 Å². The van der Waals surface area contributed by atoms with Crippen molar-refractivity contribution < 1.29 is 14.6 Å². The fourth-order valence-corrected chi connectivity index (χ4v) is 2.40. The number of carbonyl (C=O) groups is 1. The minimum Gasteiger partial charge on any atom is -0.493 e. The zero-order valence-electron chi connectivity index (χ0n) is 12.4. The van der Waals surface area contributed by atoms with Gasteiger partial charge in [-0.15, -0.1) is 0 Å². The predicted octanol–water partition coefficient (Wildman–Crippen LogP) is 4.01. The second-order valence-electron chi connectivity index (χ2n) is 5.18. The first-order chi connectivity index (χ1) is 10.1. The standard InChI is InChI=1S/C18H20O3/c1-13-11-16(18(19)20)12-14(2)17(13)21-10-6-9-15-7-4-3-5-8-15/h3-5,7-8,11-12H,6,9-10H2,1-2H3,(H,19,20). The number of carboxylic acid groups (broad SMARTS) is 1. The third-order valence-electron chi connectivity index (χ3n) is 3.41. The zero-order valence-corrected chi connectivity index (χ0v) is 12.4. The summed E-state index contributed by atoms with van der Waals surface area (Å²) in [5, 5.41) is 9.02. The van der Waals surface area contributed by atoms with Crippen molar-refractivity contribution in [1.82, 2.24) is 0 Å². The van der Waals surface area contributed by atoms with Gasteiger partial charge in [-0.25, -0.2) is 4.79 Å². The van der Waals surface area contributed by atoms with Crippen LogP contribution in [0.15, 0.2) is 42.5 Å². The molecule has 3 heteroatoms. The summed E-state index contributed by atoms with van der Waals surface area (Å²) in [4.78, 5) is 11.0. The van der Waals surface area contributed by atoms with Crippen molar-refractivity contribution >= 4 is 5.97 Å². The van der Waals surface area contributed by atoms with Crippen LogP contribution in [0.4, 0.5) is 0 Å². The maximum Gasteiger partial charge on any atom is 0.335 e. The van der Waals surface area contributed by atoms with Gasteiger partial charge in [-0.1, -0.05) is 30.3 Å². The summed E-state index contributed by atoms with van der Waals surface area (Å²) in [6.07, 6.45) is 1.91. The summed E-state index contributed by atoms with van der Waals surface area (Å²) in [6, 6.07) is 13.6. The lowest BCUT2D eigenvalue weighted by molar-refractivity contribution is 0.0696. The molecule has 0 saturated carbocycles. The summed E-state index contributed by atoms with van der Waals surface area (Å²) in [7, 11) is 0. The molecule has 0 spiro atoms. The van der Waals surface area contributed by atoms with E-state index in [-0.39, 0.29) is 0 Å². The highest BCUT2D eigenvalue weighted by molar-refractivity contribution is 5.88. The number of hydrogen-bond donors (Lipinski definition) is 1. The highest BCUT2D eigenvalue weighted by Gasteiger charge is 2.10. The minimum atomic E-state index is -0.906. The van der Waals surface area contributed by atoms with E-state index in [1.165, 1.54) is 5.56 Å². The van der Waals surface area contributed by atoms with Crippen LogP contribution in [0.1, 0.15) is 33.5 Å². The molecule has 0 radical (unpaired) electrons. The van der Waals surface area contributed by atoms with E-state index in [0.29, 0.717) is 12.2 Å². The second-order valence-corrected chi connectivity index (χ2v) is 5.18. The molecule has 0 aliphatic heterocycles. The number of hydrogen-bond acceptors (Lipinski definition) is 2. The van der Waals surface area contributed by atoms with Crippen molar-refractivity contribution in [2.75, 3.05) is 6.61 Å². The van der Waals surface area contributed by atoms with Crippen molar-refractivity contribution in [3.8, 4) is 5.75 Å². The van der Waals surface area contributed by atoms with Gasteiger partial charge in [0, 0.05) is 0 Å². The third-order valence-corrected chi connectivity index (χ3v) is 3.41. The van der Waals surface area contributed by atoms with E-state index in [1.54, 1.807) is 12.1 Å². The molecule has 0 amide bonds. The van der Waals surface area contributed by atoms with E-state index in [9.17, 15) is 4.79 Å². The fraction of sp³-hybridized carbons (Fsp3) is 0.278. The molecule has 0 unspecified atom stereocenters. The molecule has 2 aromatic rings. The first kappa shape index (κ1) is 15.1. The molecule has 0 heterocycles. The van der Waals surface area contributed by atoms with E-state index in [4.69, 9.17) is 9.84 Å². The molecule has 0 fully saturated rings. The Balaban J connectivity index is 1.93. The average molecular weight is 284 g/mol. The molecule has 0 atom stereocenters. The first-order valence-corrected chi connectivity index (χ1v) is 7.09. The lowest BCUT2D eigenvalue weighted by atomic mass is 10.1. The highest BCUT2D eigenvalue weighted by atomic mass is 16.5. The smallest absolute Gasteiger partial charge is 0.335 e. The lowest BCUT2D eigenvalue weighted by Gasteiger charge is -2.13. The number of benzene rings is 2. The Morgan fingerprint density at radius 2 is 1.71 bits per heavy atom. The van der Waals surface area contributed by atoms with E-state index in [1.807, 2.05) is 32.0 Å². The Morgan fingerprint density at radius 1 is 1.10 bits per heavy atom. The number of carboxylic acids is 1. The number of aromatic carboxylic acids is 1. The van der Waals surface area contributed by atoms with Crippen LogP contribution < -0.4 is 4.74 Å². The minimum absolute atomic E-state index is 0.307. The lowest BCUT2D eigenvalue weighted by Crippen LogP contribution is -2.04. The molecule has 0 aliphatic rings. The van der Waals surface area contributed by atoms with E-state index < -0.39 is 5.97 Å². The van der Waals surface area contributed by atoms with E-state index in [0.717, 1.165) is 29.7 Å². The van der Waals surface area contributed by atoms with Crippen LogP contribution in [-0.2, 0) is 6.42 Å². The molecule has 2 aromatic carbocycles. The van der Waals surface area contributed by atoms with Gasteiger partial charge in [-0.05, 0) is 55.5 Å². The monoisotopic (exact) mass is 284 g/mol. The maximum absolute atomic E-state index is 11.0. The molecule has 21 heavy (non-hydrogen) atoms. The van der Waals surface area contributed by atoms with Gasteiger partial charge in [0.25, 0.3) is 0 Å². The van der Waals surface area contributed by atoms with Crippen molar-refractivity contribution in [3.63, 3.8) is 0 Å². The van der Waals surface area contributed by atoms with Gasteiger partial charge in [-0.3, -0.25) is 0 Å². The van der Waals surface area contributed by atoms with Crippen molar-refractivity contribution in [3.05, 3.63) is 64.7 Å².